The number of hydrogen-bond acceptors (Lipinski definition) is 5. The molecule has 0 aliphatic carbocycles. The lowest BCUT2D eigenvalue weighted by Gasteiger charge is -2.40. The Morgan fingerprint density at radius 3 is 2.41 bits per heavy atom. The van der Waals surface area contributed by atoms with Crippen molar-refractivity contribution >= 4 is 11.0 Å². The maximum absolute atomic E-state index is 10.8. The highest BCUT2D eigenvalue weighted by molar-refractivity contribution is 5.88. The number of ether oxygens (including phenoxy) is 1. The first kappa shape index (κ1) is 24.1. The number of piperidine rings is 2. The molecule has 4 aromatic rings. The van der Waals surface area contributed by atoms with Gasteiger partial charge in [0.2, 0.25) is 0 Å². The van der Waals surface area contributed by atoms with Crippen molar-refractivity contribution < 1.29 is 14.3 Å². The van der Waals surface area contributed by atoms with Crippen LogP contribution >= 0.6 is 0 Å². The molecule has 2 aliphatic rings. The van der Waals surface area contributed by atoms with Crippen LogP contribution in [0.2, 0.25) is 0 Å². The molecule has 0 bridgehead atoms. The lowest BCUT2D eigenvalue weighted by molar-refractivity contribution is 0.0895. The summed E-state index contributed by atoms with van der Waals surface area (Å²) < 4.78 is 12.5. The monoisotopic (exact) mass is 496 g/mol. The summed E-state index contributed by atoms with van der Waals surface area (Å²) in [5.74, 6) is 1.89. The Hall–Kier alpha value is -3.28. The summed E-state index contributed by atoms with van der Waals surface area (Å²) in [6.45, 7) is 5.90. The average Bonchev–Trinajstić information content (AvgIpc) is 3.40. The van der Waals surface area contributed by atoms with Crippen molar-refractivity contribution in [3.63, 3.8) is 0 Å². The smallest absolute Gasteiger partial charge is 0.139 e. The van der Waals surface area contributed by atoms with Crippen molar-refractivity contribution in [1.29, 1.82) is 0 Å². The molecular formula is C32H36N2O3. The summed E-state index contributed by atoms with van der Waals surface area (Å²) in [7, 11) is 0. The quantitative estimate of drug-likeness (QED) is 0.304. The first-order chi connectivity index (χ1) is 18.2. The van der Waals surface area contributed by atoms with Crippen molar-refractivity contribution in [3.8, 4) is 22.8 Å². The van der Waals surface area contributed by atoms with Crippen LogP contribution in [0.1, 0.15) is 43.2 Å². The van der Waals surface area contributed by atoms with Crippen LogP contribution in [0.25, 0.3) is 22.3 Å². The van der Waals surface area contributed by atoms with E-state index in [1.54, 1.807) is 6.07 Å². The van der Waals surface area contributed by atoms with Crippen LogP contribution in [0.3, 0.4) is 0 Å². The van der Waals surface area contributed by atoms with E-state index in [9.17, 15) is 5.11 Å². The molecule has 0 unspecified atom stereocenters. The molecule has 37 heavy (non-hydrogen) atoms. The third kappa shape index (κ3) is 5.39. The molecule has 5 heteroatoms. The lowest BCUT2D eigenvalue weighted by Crippen LogP contribution is -2.46. The summed E-state index contributed by atoms with van der Waals surface area (Å²) in [4.78, 5) is 5.19. The van der Waals surface area contributed by atoms with Crippen molar-refractivity contribution in [2.75, 3.05) is 26.2 Å². The molecule has 3 aromatic carbocycles. The number of para-hydroxylation sites is 1. The van der Waals surface area contributed by atoms with Crippen LogP contribution < -0.4 is 4.74 Å². The maximum atomic E-state index is 10.8. The Bertz CT molecular complexity index is 1320. The minimum absolute atomic E-state index is 0.339. The molecule has 2 fully saturated rings. The van der Waals surface area contributed by atoms with Crippen LogP contribution in [-0.2, 0) is 13.2 Å². The van der Waals surface area contributed by atoms with Crippen LogP contribution in [0, 0.1) is 0 Å². The zero-order chi connectivity index (χ0) is 25.0. The number of rotatable bonds is 7. The molecule has 0 atom stereocenters. The zero-order valence-corrected chi connectivity index (χ0v) is 21.4. The van der Waals surface area contributed by atoms with Crippen LogP contribution in [0.15, 0.2) is 77.2 Å². The summed E-state index contributed by atoms with van der Waals surface area (Å²) in [6, 6.07) is 24.6. The highest BCUT2D eigenvalue weighted by Gasteiger charge is 2.26. The molecule has 2 aliphatic heterocycles. The van der Waals surface area contributed by atoms with Crippen LogP contribution in [0.5, 0.6) is 11.5 Å². The van der Waals surface area contributed by atoms with Crippen molar-refractivity contribution in [3.05, 3.63) is 83.9 Å². The Labute approximate surface area is 219 Å². The van der Waals surface area contributed by atoms with E-state index in [2.05, 4.69) is 28.0 Å². The molecule has 2 saturated heterocycles. The second kappa shape index (κ2) is 11.0. The van der Waals surface area contributed by atoms with Gasteiger partial charge in [-0.3, -0.25) is 4.90 Å². The third-order valence-electron chi connectivity index (χ3n) is 8.02. The number of benzene rings is 3. The molecule has 0 amide bonds. The van der Waals surface area contributed by atoms with Gasteiger partial charge in [0.25, 0.3) is 0 Å². The predicted molar refractivity (Wildman–Crippen MR) is 148 cm³/mol. The molecule has 5 nitrogen and oxygen atoms in total. The number of fused-ring (bicyclic) bond motifs is 1. The number of aromatic hydroxyl groups is 1. The van der Waals surface area contributed by atoms with Gasteiger partial charge in [0.15, 0.2) is 0 Å². The van der Waals surface area contributed by atoms with Gasteiger partial charge < -0.3 is 19.2 Å². The van der Waals surface area contributed by atoms with E-state index < -0.39 is 0 Å². The zero-order valence-electron chi connectivity index (χ0n) is 21.4. The third-order valence-corrected chi connectivity index (χ3v) is 8.02. The first-order valence-corrected chi connectivity index (χ1v) is 13.7. The number of furan rings is 1. The molecule has 3 heterocycles. The van der Waals surface area contributed by atoms with Crippen molar-refractivity contribution in [2.45, 2.75) is 51.3 Å². The Kier molecular flexibility index (Phi) is 7.16. The maximum Gasteiger partial charge on any atom is 0.139 e. The predicted octanol–water partition coefficient (Wildman–Crippen LogP) is 6.83. The summed E-state index contributed by atoms with van der Waals surface area (Å²) >= 11 is 0. The van der Waals surface area contributed by atoms with Gasteiger partial charge in [0.05, 0.1) is 5.56 Å². The topological polar surface area (TPSA) is 49.1 Å². The minimum Gasteiger partial charge on any atom is -0.508 e. The van der Waals surface area contributed by atoms with E-state index in [0.717, 1.165) is 58.8 Å². The molecule has 0 spiro atoms. The fraction of sp³-hybridized carbons (Fsp3) is 0.375. The fourth-order valence-corrected chi connectivity index (χ4v) is 5.94. The molecular weight excluding hydrogens is 460 g/mol. The number of phenolic OH excluding ortho intramolecular Hbond substituents is 1. The van der Waals surface area contributed by atoms with E-state index in [4.69, 9.17) is 9.15 Å². The SMILES string of the molecule is Oc1ccc2oc(-c3ccccc3OCc3ccccc3)cc2c1CN1CCC(N2CCCCC2)CC1. The first-order valence-electron chi connectivity index (χ1n) is 13.7. The molecule has 1 N–H and O–H groups in total. The van der Waals surface area contributed by atoms with Gasteiger partial charge in [-0.15, -0.1) is 0 Å². The molecule has 6 rings (SSSR count). The Morgan fingerprint density at radius 1 is 0.838 bits per heavy atom. The largest absolute Gasteiger partial charge is 0.508 e. The molecule has 1 aromatic heterocycles. The Balaban J connectivity index is 1.20. The van der Waals surface area contributed by atoms with Crippen LogP contribution in [0.4, 0.5) is 0 Å². The fourth-order valence-electron chi connectivity index (χ4n) is 5.94. The normalized spacial score (nSPS) is 17.8. The minimum atomic E-state index is 0.339. The summed E-state index contributed by atoms with van der Waals surface area (Å²) in [5, 5.41) is 11.8. The van der Waals surface area contributed by atoms with Crippen molar-refractivity contribution in [2.24, 2.45) is 0 Å². The number of nitrogens with zero attached hydrogens (tertiary/aromatic N) is 2. The van der Waals surface area contributed by atoms with E-state index in [-0.39, 0.29) is 0 Å². The second-order valence-electron chi connectivity index (χ2n) is 10.5. The highest BCUT2D eigenvalue weighted by Crippen LogP contribution is 2.38. The van der Waals surface area contributed by atoms with Gasteiger partial charge in [-0.25, -0.2) is 0 Å². The Morgan fingerprint density at radius 2 is 1.59 bits per heavy atom. The molecule has 0 saturated carbocycles. The lowest BCUT2D eigenvalue weighted by atomic mass is 9.99. The number of likely N-dealkylation sites (tertiary alicyclic amines) is 2. The van der Waals surface area contributed by atoms with E-state index in [1.165, 1.54) is 45.2 Å². The van der Waals surface area contributed by atoms with Gasteiger partial charge in [0, 0.05) is 23.5 Å². The van der Waals surface area contributed by atoms with E-state index >= 15 is 0 Å². The average molecular weight is 497 g/mol. The van der Waals surface area contributed by atoms with E-state index in [0.29, 0.717) is 18.4 Å². The van der Waals surface area contributed by atoms with Gasteiger partial charge >= 0.3 is 0 Å². The number of hydrogen-bond donors (Lipinski definition) is 1. The van der Waals surface area contributed by atoms with Gasteiger partial charge in [-0.1, -0.05) is 48.9 Å². The van der Waals surface area contributed by atoms with E-state index in [1.807, 2.05) is 48.5 Å². The second-order valence-corrected chi connectivity index (χ2v) is 10.5. The molecule has 0 radical (unpaired) electrons. The molecule has 192 valence electrons. The summed E-state index contributed by atoms with van der Waals surface area (Å²) in [5.41, 5.74) is 3.79. The standard InChI is InChI=1S/C32H36N2O3/c35-29-13-14-31-27(28(29)22-33-19-15-25(16-20-33)34-17-7-2-8-18-34)21-32(37-31)26-11-5-6-12-30(26)36-23-24-9-3-1-4-10-24/h1,3-6,9-14,21,25,35H,2,7-8,15-20,22-23H2. The van der Waals surface area contributed by atoms with Gasteiger partial charge in [-0.05, 0) is 87.8 Å². The van der Waals surface area contributed by atoms with Gasteiger partial charge in [0.1, 0.15) is 29.4 Å². The van der Waals surface area contributed by atoms with Crippen molar-refractivity contribution in [1.82, 2.24) is 9.80 Å². The number of phenols is 1. The van der Waals surface area contributed by atoms with Crippen LogP contribution in [-0.4, -0.2) is 47.1 Å². The van der Waals surface area contributed by atoms with Gasteiger partial charge in [-0.2, -0.15) is 0 Å². The highest BCUT2D eigenvalue weighted by atomic mass is 16.5. The summed E-state index contributed by atoms with van der Waals surface area (Å²) in [6.07, 6.45) is 6.49.